The summed E-state index contributed by atoms with van der Waals surface area (Å²) in [7, 11) is 0. The van der Waals surface area contributed by atoms with Crippen LogP contribution in [0.2, 0.25) is 0 Å². The van der Waals surface area contributed by atoms with E-state index in [-0.39, 0.29) is 5.91 Å². The molecule has 0 fully saturated rings. The van der Waals surface area contributed by atoms with E-state index in [9.17, 15) is 4.79 Å². The van der Waals surface area contributed by atoms with Gasteiger partial charge in [-0.05, 0) is 30.7 Å². The molecule has 1 atom stereocenters. The maximum absolute atomic E-state index is 11.6. The highest BCUT2D eigenvalue weighted by atomic mass is 16.1. The summed E-state index contributed by atoms with van der Waals surface area (Å²) in [5.41, 5.74) is 0.955. The molecule has 1 N–H and O–H groups in total. The lowest BCUT2D eigenvalue weighted by atomic mass is 10.1. The van der Waals surface area contributed by atoms with Crippen molar-refractivity contribution in [1.29, 1.82) is 10.5 Å². The number of carbonyl (C=O) groups excluding carboxylic acids is 1. The molecular formula is C12H11N3O. The second-order valence-electron chi connectivity index (χ2n) is 3.25. The fraction of sp³-hybridized carbons (Fsp3) is 0.250. The molecule has 16 heavy (non-hydrogen) atoms. The van der Waals surface area contributed by atoms with Gasteiger partial charge in [0.05, 0.1) is 17.7 Å². The second-order valence-corrected chi connectivity index (χ2v) is 3.25. The normalized spacial score (nSPS) is 10.9. The van der Waals surface area contributed by atoms with Gasteiger partial charge in [0, 0.05) is 5.56 Å². The van der Waals surface area contributed by atoms with E-state index in [4.69, 9.17) is 10.5 Å². The zero-order valence-corrected chi connectivity index (χ0v) is 8.90. The van der Waals surface area contributed by atoms with Gasteiger partial charge in [0.2, 0.25) is 0 Å². The summed E-state index contributed by atoms with van der Waals surface area (Å²) < 4.78 is 0. The lowest BCUT2D eigenvalue weighted by molar-refractivity contribution is 0.0944. The third kappa shape index (κ3) is 2.83. The van der Waals surface area contributed by atoms with Crippen LogP contribution in [0.15, 0.2) is 24.3 Å². The molecule has 0 saturated heterocycles. The van der Waals surface area contributed by atoms with Crippen molar-refractivity contribution >= 4 is 5.91 Å². The maximum Gasteiger partial charge on any atom is 0.252 e. The number of rotatable bonds is 3. The maximum atomic E-state index is 11.6. The molecular weight excluding hydrogens is 202 g/mol. The smallest absolute Gasteiger partial charge is 0.252 e. The van der Waals surface area contributed by atoms with E-state index in [1.165, 1.54) is 0 Å². The van der Waals surface area contributed by atoms with Crippen molar-refractivity contribution in [3.63, 3.8) is 0 Å². The summed E-state index contributed by atoms with van der Waals surface area (Å²) in [6.45, 7) is 1.83. The van der Waals surface area contributed by atoms with E-state index in [1.54, 1.807) is 24.3 Å². The Morgan fingerprint density at radius 2 is 2.00 bits per heavy atom. The minimum atomic E-state index is -0.469. The molecule has 0 aliphatic carbocycles. The van der Waals surface area contributed by atoms with Gasteiger partial charge in [0.25, 0.3) is 5.91 Å². The zero-order valence-electron chi connectivity index (χ0n) is 8.90. The zero-order chi connectivity index (χ0) is 12.0. The SMILES string of the molecule is CCC(C#N)NC(=O)c1ccc(C#N)cc1. The molecule has 0 bridgehead atoms. The summed E-state index contributed by atoms with van der Waals surface area (Å²) in [5.74, 6) is -0.294. The predicted octanol–water partition coefficient (Wildman–Crippen LogP) is 1.59. The molecule has 0 spiro atoms. The Kier molecular flexibility index (Phi) is 4.06. The van der Waals surface area contributed by atoms with E-state index in [1.807, 2.05) is 19.1 Å². The number of amides is 1. The highest BCUT2D eigenvalue weighted by Gasteiger charge is 2.10. The number of benzene rings is 1. The minimum absolute atomic E-state index is 0.294. The van der Waals surface area contributed by atoms with Gasteiger partial charge in [-0.15, -0.1) is 0 Å². The molecule has 0 aromatic heterocycles. The van der Waals surface area contributed by atoms with Crippen molar-refractivity contribution in [1.82, 2.24) is 5.32 Å². The molecule has 1 unspecified atom stereocenters. The average molecular weight is 213 g/mol. The fourth-order valence-corrected chi connectivity index (χ4v) is 1.16. The predicted molar refractivity (Wildman–Crippen MR) is 58.3 cm³/mol. The van der Waals surface area contributed by atoms with Gasteiger partial charge in [-0.2, -0.15) is 10.5 Å². The summed E-state index contributed by atoms with van der Waals surface area (Å²) in [4.78, 5) is 11.6. The Bertz CT molecular complexity index is 451. The largest absolute Gasteiger partial charge is 0.336 e. The highest BCUT2D eigenvalue weighted by molar-refractivity contribution is 5.94. The Morgan fingerprint density at radius 3 is 2.44 bits per heavy atom. The molecule has 0 saturated carbocycles. The van der Waals surface area contributed by atoms with Crippen molar-refractivity contribution in [2.75, 3.05) is 0 Å². The molecule has 0 aliphatic heterocycles. The van der Waals surface area contributed by atoms with E-state index < -0.39 is 6.04 Å². The van der Waals surface area contributed by atoms with Crippen molar-refractivity contribution in [3.8, 4) is 12.1 Å². The summed E-state index contributed by atoms with van der Waals surface area (Å²) in [5, 5.41) is 19.9. The molecule has 1 rings (SSSR count). The van der Waals surface area contributed by atoms with Crippen LogP contribution in [-0.2, 0) is 0 Å². The average Bonchev–Trinajstić information content (AvgIpc) is 2.35. The first-order chi connectivity index (χ1) is 7.71. The van der Waals surface area contributed by atoms with Gasteiger partial charge in [-0.1, -0.05) is 6.92 Å². The molecule has 0 aliphatic rings. The van der Waals surface area contributed by atoms with Crippen LogP contribution in [0.5, 0.6) is 0 Å². The number of nitrogens with one attached hydrogen (secondary N) is 1. The van der Waals surface area contributed by atoms with Gasteiger partial charge < -0.3 is 5.32 Å². The second kappa shape index (κ2) is 5.53. The van der Waals surface area contributed by atoms with E-state index in [2.05, 4.69) is 5.32 Å². The highest BCUT2D eigenvalue weighted by Crippen LogP contribution is 2.03. The van der Waals surface area contributed by atoms with Crippen molar-refractivity contribution < 1.29 is 4.79 Å². The van der Waals surface area contributed by atoms with Crippen LogP contribution in [0.1, 0.15) is 29.3 Å². The standard InChI is InChI=1S/C12H11N3O/c1-2-11(8-14)15-12(16)10-5-3-9(7-13)4-6-10/h3-6,11H,2H2,1H3,(H,15,16). The number of nitrogens with zero attached hydrogens (tertiary/aromatic N) is 2. The van der Waals surface area contributed by atoms with Crippen LogP contribution in [0, 0.1) is 22.7 Å². The molecule has 1 aromatic carbocycles. The summed E-state index contributed by atoms with van der Waals surface area (Å²) in [6, 6.07) is 9.77. The number of hydrogen-bond donors (Lipinski definition) is 1. The van der Waals surface area contributed by atoms with Gasteiger partial charge in [0.1, 0.15) is 6.04 Å². The third-order valence-electron chi connectivity index (χ3n) is 2.15. The lowest BCUT2D eigenvalue weighted by Gasteiger charge is -2.08. The van der Waals surface area contributed by atoms with E-state index in [0.29, 0.717) is 17.5 Å². The fourth-order valence-electron chi connectivity index (χ4n) is 1.16. The lowest BCUT2D eigenvalue weighted by Crippen LogP contribution is -2.33. The Labute approximate surface area is 94.1 Å². The first-order valence-electron chi connectivity index (χ1n) is 4.92. The minimum Gasteiger partial charge on any atom is -0.336 e. The number of nitriles is 2. The Balaban J connectivity index is 2.74. The Hall–Kier alpha value is -2.33. The number of carbonyl (C=O) groups is 1. The summed E-state index contributed by atoms with van der Waals surface area (Å²) in [6.07, 6.45) is 0.568. The van der Waals surface area contributed by atoms with Crippen LogP contribution in [0.25, 0.3) is 0 Å². The van der Waals surface area contributed by atoms with Crippen LogP contribution in [0.4, 0.5) is 0 Å². The summed E-state index contributed by atoms with van der Waals surface area (Å²) >= 11 is 0. The Morgan fingerprint density at radius 1 is 1.38 bits per heavy atom. The van der Waals surface area contributed by atoms with Crippen molar-refractivity contribution in [2.24, 2.45) is 0 Å². The molecule has 0 radical (unpaired) electrons. The van der Waals surface area contributed by atoms with Gasteiger partial charge >= 0.3 is 0 Å². The van der Waals surface area contributed by atoms with Gasteiger partial charge in [-0.3, -0.25) is 4.79 Å². The molecule has 0 heterocycles. The molecule has 4 heteroatoms. The van der Waals surface area contributed by atoms with Crippen LogP contribution >= 0.6 is 0 Å². The van der Waals surface area contributed by atoms with Crippen molar-refractivity contribution in [2.45, 2.75) is 19.4 Å². The topological polar surface area (TPSA) is 76.7 Å². The number of hydrogen-bond acceptors (Lipinski definition) is 3. The van der Waals surface area contributed by atoms with Gasteiger partial charge in [0.15, 0.2) is 0 Å². The monoisotopic (exact) mass is 213 g/mol. The van der Waals surface area contributed by atoms with Gasteiger partial charge in [-0.25, -0.2) is 0 Å². The molecule has 1 aromatic rings. The molecule has 80 valence electrons. The first kappa shape index (κ1) is 11.7. The molecule has 4 nitrogen and oxygen atoms in total. The van der Waals surface area contributed by atoms with Crippen LogP contribution in [0.3, 0.4) is 0 Å². The van der Waals surface area contributed by atoms with Crippen LogP contribution in [-0.4, -0.2) is 11.9 Å². The third-order valence-corrected chi connectivity index (χ3v) is 2.15. The van der Waals surface area contributed by atoms with Crippen LogP contribution < -0.4 is 5.32 Å². The quantitative estimate of drug-likeness (QED) is 0.828. The first-order valence-corrected chi connectivity index (χ1v) is 4.92. The van der Waals surface area contributed by atoms with Crippen molar-refractivity contribution in [3.05, 3.63) is 35.4 Å². The van der Waals surface area contributed by atoms with E-state index >= 15 is 0 Å². The molecule has 1 amide bonds. The van der Waals surface area contributed by atoms with E-state index in [0.717, 1.165) is 0 Å².